The fourth-order valence-electron chi connectivity index (χ4n) is 2.57. The van der Waals surface area contributed by atoms with Crippen LogP contribution < -0.4 is 10.6 Å². The van der Waals surface area contributed by atoms with Gasteiger partial charge in [0.1, 0.15) is 0 Å². The van der Waals surface area contributed by atoms with Crippen molar-refractivity contribution in [1.82, 2.24) is 25.3 Å². The molecule has 0 atom stereocenters. The van der Waals surface area contributed by atoms with E-state index < -0.39 is 0 Å². The molecule has 0 fully saturated rings. The van der Waals surface area contributed by atoms with Crippen molar-refractivity contribution in [2.75, 3.05) is 13.6 Å². The molecule has 0 spiro atoms. The summed E-state index contributed by atoms with van der Waals surface area (Å²) in [5, 5.41) is 10.9. The summed E-state index contributed by atoms with van der Waals surface area (Å²) >= 11 is 0. The van der Waals surface area contributed by atoms with Crippen molar-refractivity contribution in [3.63, 3.8) is 0 Å². The maximum atomic E-state index is 4.77. The lowest BCUT2D eigenvalue weighted by Crippen LogP contribution is -2.37. The van der Waals surface area contributed by atoms with Crippen LogP contribution in [-0.4, -0.2) is 40.3 Å². The molecule has 1 aromatic heterocycles. The minimum absolute atomic E-state index is 0. The Morgan fingerprint density at radius 1 is 1.19 bits per heavy atom. The van der Waals surface area contributed by atoms with Crippen molar-refractivity contribution in [2.45, 2.75) is 46.4 Å². The van der Waals surface area contributed by atoms with Crippen LogP contribution in [0.1, 0.15) is 37.6 Å². The van der Waals surface area contributed by atoms with Crippen LogP contribution in [0.5, 0.6) is 0 Å². The number of benzene rings is 1. The molecular weight excluding hydrogens is 451 g/mol. The third-order valence-electron chi connectivity index (χ3n) is 4.53. The Morgan fingerprint density at radius 2 is 1.89 bits per heavy atom. The summed E-state index contributed by atoms with van der Waals surface area (Å²) in [5.41, 5.74) is 3.71. The summed E-state index contributed by atoms with van der Waals surface area (Å²) in [5.74, 6) is 0.820. The van der Waals surface area contributed by atoms with Crippen molar-refractivity contribution >= 4 is 29.9 Å². The van der Waals surface area contributed by atoms with Gasteiger partial charge in [-0.3, -0.25) is 9.58 Å². The van der Waals surface area contributed by atoms with Crippen LogP contribution in [0.4, 0.5) is 0 Å². The average Bonchev–Trinajstić information content (AvgIpc) is 3.03. The number of aromatic nitrogens is 2. The molecule has 0 aliphatic heterocycles. The molecule has 2 N–H and O–H groups in total. The molecule has 1 heterocycles. The summed E-state index contributed by atoms with van der Waals surface area (Å²) in [4.78, 5) is 7.11. The number of rotatable bonds is 8. The first-order chi connectivity index (χ1) is 12.5. The van der Waals surface area contributed by atoms with Crippen molar-refractivity contribution in [3.8, 4) is 0 Å². The Hall–Kier alpha value is -1.61. The number of hydrogen-bond donors (Lipinski definition) is 2. The molecule has 2 rings (SSSR count). The maximum absolute atomic E-state index is 4.77. The third kappa shape index (κ3) is 7.50. The molecule has 1 aromatic carbocycles. The molecule has 0 aliphatic carbocycles. The van der Waals surface area contributed by atoms with E-state index in [1.165, 1.54) is 11.1 Å². The first-order valence-electron chi connectivity index (χ1n) is 9.27. The van der Waals surface area contributed by atoms with Gasteiger partial charge in [0.2, 0.25) is 0 Å². The van der Waals surface area contributed by atoms with E-state index in [4.69, 9.17) is 4.99 Å². The van der Waals surface area contributed by atoms with Crippen LogP contribution in [0.3, 0.4) is 0 Å². The van der Waals surface area contributed by atoms with Gasteiger partial charge in [-0.25, -0.2) is 4.99 Å². The second-order valence-corrected chi connectivity index (χ2v) is 6.77. The summed E-state index contributed by atoms with van der Waals surface area (Å²) in [6.07, 6.45) is 1.81. The van der Waals surface area contributed by atoms with Crippen LogP contribution in [0.15, 0.2) is 41.5 Å². The second-order valence-electron chi connectivity index (χ2n) is 6.77. The monoisotopic (exact) mass is 484 g/mol. The van der Waals surface area contributed by atoms with E-state index in [9.17, 15) is 0 Å². The molecule has 0 radical (unpaired) electrons. The molecule has 27 heavy (non-hydrogen) atoms. The first-order valence-corrected chi connectivity index (χ1v) is 9.27. The predicted molar refractivity (Wildman–Crippen MR) is 123 cm³/mol. The van der Waals surface area contributed by atoms with E-state index in [0.29, 0.717) is 19.1 Å². The smallest absolute Gasteiger partial charge is 0.191 e. The van der Waals surface area contributed by atoms with Gasteiger partial charge in [-0.15, -0.1) is 24.0 Å². The highest BCUT2D eigenvalue weighted by Crippen LogP contribution is 2.13. The van der Waals surface area contributed by atoms with E-state index in [-0.39, 0.29) is 24.0 Å². The lowest BCUT2D eigenvalue weighted by molar-refractivity contribution is 0.265. The van der Waals surface area contributed by atoms with Gasteiger partial charge in [-0.1, -0.05) is 24.3 Å². The van der Waals surface area contributed by atoms with Gasteiger partial charge in [-0.2, -0.15) is 5.10 Å². The molecule has 0 saturated carbocycles. The van der Waals surface area contributed by atoms with Crippen molar-refractivity contribution in [2.24, 2.45) is 12.0 Å². The molecular formula is C20H33IN6. The molecule has 2 aromatic rings. The number of guanidine groups is 1. The normalized spacial score (nSPS) is 11.6. The number of nitrogens with zero attached hydrogens (tertiary/aromatic N) is 4. The van der Waals surface area contributed by atoms with Crippen LogP contribution in [0.25, 0.3) is 0 Å². The minimum Gasteiger partial charge on any atom is -0.357 e. The molecule has 6 nitrogen and oxygen atoms in total. The van der Waals surface area contributed by atoms with Crippen LogP contribution in [-0.2, 0) is 26.7 Å². The van der Waals surface area contributed by atoms with Crippen LogP contribution >= 0.6 is 24.0 Å². The third-order valence-corrected chi connectivity index (χ3v) is 4.53. The molecule has 0 bridgehead atoms. The van der Waals surface area contributed by atoms with E-state index in [0.717, 1.165) is 24.7 Å². The number of hydrogen-bond acceptors (Lipinski definition) is 3. The molecule has 150 valence electrons. The number of aryl methyl sites for hydroxylation is 1. The SMILES string of the molecule is CCNC(=NCc1ccccc1CN(C)C(C)C)NCc1ccnn1C.I. The van der Waals surface area contributed by atoms with Crippen molar-refractivity contribution in [1.29, 1.82) is 0 Å². The number of halogens is 1. The van der Waals surface area contributed by atoms with Gasteiger partial charge < -0.3 is 10.6 Å². The Kier molecular flexibility index (Phi) is 10.4. The van der Waals surface area contributed by atoms with Crippen LogP contribution in [0, 0.1) is 0 Å². The zero-order valence-corrected chi connectivity index (χ0v) is 19.4. The molecule has 0 aliphatic rings. The zero-order valence-electron chi connectivity index (χ0n) is 17.1. The average molecular weight is 484 g/mol. The molecule has 0 unspecified atom stereocenters. The number of aliphatic imine (C=N–C) groups is 1. The molecule has 0 amide bonds. The summed E-state index contributed by atoms with van der Waals surface area (Å²) in [7, 11) is 4.10. The highest BCUT2D eigenvalue weighted by Gasteiger charge is 2.08. The Bertz CT molecular complexity index is 710. The highest BCUT2D eigenvalue weighted by molar-refractivity contribution is 14.0. The fraction of sp³-hybridized carbons (Fsp3) is 0.500. The van der Waals surface area contributed by atoms with Gasteiger partial charge >= 0.3 is 0 Å². The van der Waals surface area contributed by atoms with Gasteiger partial charge in [0, 0.05) is 32.4 Å². The molecule has 0 saturated heterocycles. The summed E-state index contributed by atoms with van der Waals surface area (Å²) in [6.45, 7) is 9.62. The Labute approximate surface area is 180 Å². The largest absolute Gasteiger partial charge is 0.357 e. The number of nitrogens with one attached hydrogen (secondary N) is 2. The highest BCUT2D eigenvalue weighted by atomic mass is 127. The maximum Gasteiger partial charge on any atom is 0.191 e. The minimum atomic E-state index is 0. The van der Waals surface area contributed by atoms with Gasteiger partial charge in [0.25, 0.3) is 0 Å². The topological polar surface area (TPSA) is 57.5 Å². The van der Waals surface area contributed by atoms with Crippen molar-refractivity contribution < 1.29 is 0 Å². The van der Waals surface area contributed by atoms with E-state index in [1.54, 1.807) is 0 Å². The molecule has 7 heteroatoms. The summed E-state index contributed by atoms with van der Waals surface area (Å²) in [6, 6.07) is 11.1. The second kappa shape index (κ2) is 12.0. The Morgan fingerprint density at radius 3 is 2.48 bits per heavy atom. The van der Waals surface area contributed by atoms with Crippen LogP contribution in [0.2, 0.25) is 0 Å². The zero-order chi connectivity index (χ0) is 18.9. The van der Waals surface area contributed by atoms with E-state index in [1.807, 2.05) is 24.0 Å². The Balaban J connectivity index is 0.00000364. The fourth-order valence-corrected chi connectivity index (χ4v) is 2.57. The predicted octanol–water partition coefficient (Wildman–Crippen LogP) is 3.13. The first kappa shape index (κ1) is 23.4. The van der Waals surface area contributed by atoms with Gasteiger partial charge in [0.05, 0.1) is 18.8 Å². The van der Waals surface area contributed by atoms with Crippen molar-refractivity contribution in [3.05, 3.63) is 53.3 Å². The van der Waals surface area contributed by atoms with E-state index >= 15 is 0 Å². The standard InChI is InChI=1S/C20H32N6.HI/c1-6-21-20(23-14-19-11-12-24-26(19)5)22-13-17-9-7-8-10-18(17)15-25(4)16(2)3;/h7-12,16H,6,13-15H2,1-5H3,(H2,21,22,23);1H. The quantitative estimate of drug-likeness (QED) is 0.344. The van der Waals surface area contributed by atoms with Gasteiger partial charge in [0.15, 0.2) is 5.96 Å². The lowest BCUT2D eigenvalue weighted by Gasteiger charge is -2.22. The lowest BCUT2D eigenvalue weighted by atomic mass is 10.1. The van der Waals surface area contributed by atoms with Gasteiger partial charge in [-0.05, 0) is 45.0 Å². The van der Waals surface area contributed by atoms with E-state index in [2.05, 4.69) is 72.7 Å². The summed E-state index contributed by atoms with van der Waals surface area (Å²) < 4.78 is 1.87.